The van der Waals surface area contributed by atoms with Gasteiger partial charge < -0.3 is 14.3 Å². The quantitative estimate of drug-likeness (QED) is 0.684. The van der Waals surface area contributed by atoms with E-state index in [1.807, 2.05) is 30.3 Å². The SMILES string of the molecule is Cc1onc(-c2ccccc2)c1C(=O)N1CCN(C(=O)c2ccccc2F)CC1. The van der Waals surface area contributed by atoms with Gasteiger partial charge in [0.25, 0.3) is 11.8 Å². The Hall–Kier alpha value is -3.48. The molecule has 7 heteroatoms. The molecular formula is C22H20FN3O3. The second kappa shape index (κ2) is 7.87. The molecule has 29 heavy (non-hydrogen) atoms. The Balaban J connectivity index is 1.49. The van der Waals surface area contributed by atoms with Gasteiger partial charge in [0.15, 0.2) is 0 Å². The fourth-order valence-corrected chi connectivity index (χ4v) is 3.49. The second-order valence-electron chi connectivity index (χ2n) is 6.89. The second-order valence-corrected chi connectivity index (χ2v) is 6.89. The molecule has 1 aliphatic heterocycles. The molecule has 2 heterocycles. The first-order chi connectivity index (χ1) is 14.1. The lowest BCUT2D eigenvalue weighted by molar-refractivity contribution is 0.0532. The molecule has 0 atom stereocenters. The van der Waals surface area contributed by atoms with E-state index < -0.39 is 5.82 Å². The molecule has 0 unspecified atom stereocenters. The van der Waals surface area contributed by atoms with Crippen LogP contribution in [0.3, 0.4) is 0 Å². The van der Waals surface area contributed by atoms with Crippen molar-refractivity contribution >= 4 is 11.8 Å². The number of hydrogen-bond donors (Lipinski definition) is 0. The van der Waals surface area contributed by atoms with Gasteiger partial charge in [-0.05, 0) is 19.1 Å². The van der Waals surface area contributed by atoms with Gasteiger partial charge in [-0.2, -0.15) is 0 Å². The summed E-state index contributed by atoms with van der Waals surface area (Å²) in [4.78, 5) is 29.0. The molecule has 148 valence electrons. The number of aromatic nitrogens is 1. The van der Waals surface area contributed by atoms with Crippen molar-refractivity contribution in [2.24, 2.45) is 0 Å². The number of hydrogen-bond acceptors (Lipinski definition) is 4. The van der Waals surface area contributed by atoms with Crippen molar-refractivity contribution < 1.29 is 18.5 Å². The molecule has 0 saturated carbocycles. The van der Waals surface area contributed by atoms with Crippen LogP contribution in [0.5, 0.6) is 0 Å². The van der Waals surface area contributed by atoms with Crippen LogP contribution in [-0.2, 0) is 0 Å². The van der Waals surface area contributed by atoms with Gasteiger partial charge in [0.1, 0.15) is 22.8 Å². The average Bonchev–Trinajstić information content (AvgIpc) is 3.15. The number of carbonyl (C=O) groups excluding carboxylic acids is 2. The van der Waals surface area contributed by atoms with Crippen LogP contribution in [0, 0.1) is 12.7 Å². The lowest BCUT2D eigenvalue weighted by atomic mass is 10.0. The largest absolute Gasteiger partial charge is 0.360 e. The van der Waals surface area contributed by atoms with E-state index in [0.717, 1.165) is 5.56 Å². The van der Waals surface area contributed by atoms with Crippen molar-refractivity contribution in [3.05, 3.63) is 77.3 Å². The molecule has 1 aliphatic rings. The normalized spacial score (nSPS) is 14.1. The van der Waals surface area contributed by atoms with Gasteiger partial charge in [-0.3, -0.25) is 9.59 Å². The van der Waals surface area contributed by atoms with Crippen molar-refractivity contribution in [2.75, 3.05) is 26.2 Å². The Bertz CT molecular complexity index is 1040. The van der Waals surface area contributed by atoms with E-state index in [4.69, 9.17) is 4.52 Å². The zero-order chi connectivity index (χ0) is 20.4. The van der Waals surface area contributed by atoms with Crippen LogP contribution in [0.1, 0.15) is 26.5 Å². The fourth-order valence-electron chi connectivity index (χ4n) is 3.49. The summed E-state index contributed by atoms with van der Waals surface area (Å²) in [5.74, 6) is -0.621. The van der Waals surface area contributed by atoms with Crippen LogP contribution >= 0.6 is 0 Å². The monoisotopic (exact) mass is 393 g/mol. The van der Waals surface area contributed by atoms with Gasteiger partial charge in [-0.1, -0.05) is 47.6 Å². The van der Waals surface area contributed by atoms with Crippen LogP contribution < -0.4 is 0 Å². The molecule has 3 aromatic rings. The first-order valence-electron chi connectivity index (χ1n) is 9.41. The van der Waals surface area contributed by atoms with Gasteiger partial charge in [0.05, 0.1) is 5.56 Å². The Morgan fingerprint density at radius 1 is 0.897 bits per heavy atom. The number of aryl methyl sites for hydroxylation is 1. The Kier molecular flexibility index (Phi) is 5.12. The average molecular weight is 393 g/mol. The highest BCUT2D eigenvalue weighted by molar-refractivity contribution is 6.01. The predicted octanol–water partition coefficient (Wildman–Crippen LogP) is 3.39. The van der Waals surface area contributed by atoms with Crippen molar-refractivity contribution in [3.63, 3.8) is 0 Å². The third kappa shape index (κ3) is 3.63. The Morgan fingerprint density at radius 2 is 1.48 bits per heavy atom. The number of piperazine rings is 1. The number of carbonyl (C=O) groups is 2. The molecule has 4 rings (SSSR count). The van der Waals surface area contributed by atoms with Crippen LogP contribution in [-0.4, -0.2) is 52.9 Å². The van der Waals surface area contributed by atoms with Gasteiger partial charge in [-0.25, -0.2) is 4.39 Å². The topological polar surface area (TPSA) is 66.7 Å². The third-order valence-corrected chi connectivity index (χ3v) is 5.08. The number of amides is 2. The standard InChI is InChI=1S/C22H20FN3O3/c1-15-19(20(24-29-15)16-7-3-2-4-8-16)22(28)26-13-11-25(12-14-26)21(27)17-9-5-6-10-18(17)23/h2-10H,11-14H2,1H3. The molecule has 0 radical (unpaired) electrons. The summed E-state index contributed by atoms with van der Waals surface area (Å²) in [5, 5.41) is 4.07. The summed E-state index contributed by atoms with van der Waals surface area (Å²) in [5.41, 5.74) is 1.80. The van der Waals surface area contributed by atoms with E-state index in [2.05, 4.69) is 5.16 Å². The predicted molar refractivity (Wildman–Crippen MR) is 105 cm³/mol. The minimum Gasteiger partial charge on any atom is -0.360 e. The van der Waals surface area contributed by atoms with E-state index in [9.17, 15) is 14.0 Å². The maximum Gasteiger partial charge on any atom is 0.259 e. The molecule has 1 fully saturated rings. The summed E-state index contributed by atoms with van der Waals surface area (Å²) in [7, 11) is 0. The smallest absolute Gasteiger partial charge is 0.259 e. The zero-order valence-electron chi connectivity index (χ0n) is 16.0. The fraction of sp³-hybridized carbons (Fsp3) is 0.227. The summed E-state index contributed by atoms with van der Waals surface area (Å²) in [6, 6.07) is 15.3. The third-order valence-electron chi connectivity index (χ3n) is 5.08. The molecule has 0 bridgehead atoms. The number of halogens is 1. The summed E-state index contributed by atoms with van der Waals surface area (Å²) in [6.45, 7) is 3.11. The van der Waals surface area contributed by atoms with E-state index in [-0.39, 0.29) is 17.4 Å². The summed E-state index contributed by atoms with van der Waals surface area (Å²) >= 11 is 0. The van der Waals surface area contributed by atoms with E-state index in [1.54, 1.807) is 28.9 Å². The maximum absolute atomic E-state index is 13.9. The molecule has 0 aliphatic carbocycles. The first kappa shape index (κ1) is 18.9. The van der Waals surface area contributed by atoms with Crippen molar-refractivity contribution in [2.45, 2.75) is 6.92 Å². The van der Waals surface area contributed by atoms with E-state index in [0.29, 0.717) is 43.2 Å². The van der Waals surface area contributed by atoms with Crippen molar-refractivity contribution in [1.82, 2.24) is 15.0 Å². The molecule has 6 nitrogen and oxygen atoms in total. The lowest BCUT2D eigenvalue weighted by Crippen LogP contribution is -2.50. The first-order valence-corrected chi connectivity index (χ1v) is 9.41. The van der Waals surface area contributed by atoms with E-state index in [1.165, 1.54) is 12.1 Å². The summed E-state index contributed by atoms with van der Waals surface area (Å²) in [6.07, 6.45) is 0. The molecule has 2 amide bonds. The molecule has 1 aromatic heterocycles. The highest BCUT2D eigenvalue weighted by atomic mass is 19.1. The lowest BCUT2D eigenvalue weighted by Gasteiger charge is -2.34. The van der Waals surface area contributed by atoms with Gasteiger partial charge in [-0.15, -0.1) is 0 Å². The van der Waals surface area contributed by atoms with Crippen molar-refractivity contribution in [1.29, 1.82) is 0 Å². The summed E-state index contributed by atoms with van der Waals surface area (Å²) < 4.78 is 19.2. The van der Waals surface area contributed by atoms with Crippen LogP contribution in [0.15, 0.2) is 59.1 Å². The van der Waals surface area contributed by atoms with E-state index >= 15 is 0 Å². The number of nitrogens with zero attached hydrogens (tertiary/aromatic N) is 3. The molecule has 0 spiro atoms. The Labute approximate surface area is 167 Å². The molecular weight excluding hydrogens is 373 g/mol. The van der Waals surface area contributed by atoms with Crippen LogP contribution in [0.25, 0.3) is 11.3 Å². The van der Waals surface area contributed by atoms with Gasteiger partial charge in [0.2, 0.25) is 0 Å². The van der Waals surface area contributed by atoms with Crippen LogP contribution in [0.2, 0.25) is 0 Å². The molecule has 0 N–H and O–H groups in total. The molecule has 1 saturated heterocycles. The minimum absolute atomic E-state index is 0.0496. The maximum atomic E-state index is 13.9. The number of benzene rings is 2. The highest BCUT2D eigenvalue weighted by Crippen LogP contribution is 2.26. The van der Waals surface area contributed by atoms with Gasteiger partial charge >= 0.3 is 0 Å². The molecule has 2 aromatic carbocycles. The van der Waals surface area contributed by atoms with Crippen LogP contribution in [0.4, 0.5) is 4.39 Å². The van der Waals surface area contributed by atoms with Crippen molar-refractivity contribution in [3.8, 4) is 11.3 Å². The zero-order valence-corrected chi connectivity index (χ0v) is 16.0. The Morgan fingerprint density at radius 3 is 2.14 bits per heavy atom. The number of rotatable bonds is 3. The van der Waals surface area contributed by atoms with Gasteiger partial charge in [0, 0.05) is 31.7 Å². The highest BCUT2D eigenvalue weighted by Gasteiger charge is 2.30. The minimum atomic E-state index is -0.538.